The van der Waals surface area contributed by atoms with Crippen LogP contribution in [0.4, 0.5) is 0 Å². The van der Waals surface area contributed by atoms with Crippen molar-refractivity contribution >= 4 is 17.7 Å². The molecule has 0 aromatic rings. The maximum Gasteiger partial charge on any atom is 0.338 e. The van der Waals surface area contributed by atoms with E-state index in [4.69, 9.17) is 9.47 Å². The first kappa shape index (κ1) is 17.5. The Morgan fingerprint density at radius 2 is 1.78 bits per heavy atom. The van der Waals surface area contributed by atoms with E-state index in [0.717, 1.165) is 25.9 Å². The van der Waals surface area contributed by atoms with E-state index in [1.165, 1.54) is 0 Å². The quantitative estimate of drug-likeness (QED) is 0.726. The molecule has 2 unspecified atom stereocenters. The molecule has 2 rings (SSSR count). The second kappa shape index (κ2) is 7.62. The van der Waals surface area contributed by atoms with Gasteiger partial charge in [0, 0.05) is 24.7 Å². The smallest absolute Gasteiger partial charge is 0.338 e. The normalized spacial score (nSPS) is 24.5. The number of aliphatic imine (C=N–C) groups is 1. The van der Waals surface area contributed by atoms with Gasteiger partial charge in [-0.15, -0.1) is 0 Å². The van der Waals surface area contributed by atoms with Crippen LogP contribution in [0.15, 0.2) is 16.4 Å². The molecule has 6 heteroatoms. The SMILES string of the molecule is CCOC(=O)C1=C(N2CCCC2)N=C(C)C(C(=O)OCC)C1C. The lowest BCUT2D eigenvalue weighted by atomic mass is 9.82. The Morgan fingerprint density at radius 3 is 2.35 bits per heavy atom. The van der Waals surface area contributed by atoms with Gasteiger partial charge in [-0.2, -0.15) is 0 Å². The predicted molar refractivity (Wildman–Crippen MR) is 86.9 cm³/mol. The molecule has 2 aliphatic heterocycles. The van der Waals surface area contributed by atoms with E-state index in [9.17, 15) is 9.59 Å². The summed E-state index contributed by atoms with van der Waals surface area (Å²) in [6, 6.07) is 0. The van der Waals surface area contributed by atoms with E-state index in [1.807, 2.05) is 13.8 Å². The summed E-state index contributed by atoms with van der Waals surface area (Å²) in [5.74, 6) is -0.871. The van der Waals surface area contributed by atoms with Crippen LogP contribution in [0.25, 0.3) is 0 Å². The molecule has 1 fully saturated rings. The highest BCUT2D eigenvalue weighted by molar-refractivity contribution is 6.05. The molecule has 1 saturated heterocycles. The number of carbonyl (C=O) groups excluding carboxylic acids is 2. The monoisotopic (exact) mass is 322 g/mol. The highest BCUT2D eigenvalue weighted by atomic mass is 16.5. The summed E-state index contributed by atoms with van der Waals surface area (Å²) in [5, 5.41) is 0. The Morgan fingerprint density at radius 1 is 1.17 bits per heavy atom. The van der Waals surface area contributed by atoms with E-state index >= 15 is 0 Å². The van der Waals surface area contributed by atoms with Crippen LogP contribution in [0.5, 0.6) is 0 Å². The number of carbonyl (C=O) groups is 2. The van der Waals surface area contributed by atoms with Gasteiger partial charge in [0.05, 0.1) is 18.8 Å². The molecule has 0 aliphatic carbocycles. The third-order valence-corrected chi connectivity index (χ3v) is 4.37. The molecule has 0 spiro atoms. The van der Waals surface area contributed by atoms with Crippen molar-refractivity contribution in [3.05, 3.63) is 11.4 Å². The average molecular weight is 322 g/mol. The zero-order valence-electron chi connectivity index (χ0n) is 14.4. The van der Waals surface area contributed by atoms with Gasteiger partial charge < -0.3 is 14.4 Å². The summed E-state index contributed by atoms with van der Waals surface area (Å²) in [5.41, 5.74) is 1.20. The van der Waals surface area contributed by atoms with Crippen LogP contribution in [-0.4, -0.2) is 48.9 Å². The standard InChI is InChI=1S/C17H26N2O4/c1-5-22-16(20)13-11(3)14(17(21)23-6-2)15(18-12(13)4)19-9-7-8-10-19/h11,13H,5-10H2,1-4H3. The van der Waals surface area contributed by atoms with E-state index in [2.05, 4.69) is 9.89 Å². The van der Waals surface area contributed by atoms with Crippen LogP contribution >= 0.6 is 0 Å². The first-order valence-electron chi connectivity index (χ1n) is 8.39. The lowest BCUT2D eigenvalue weighted by Crippen LogP contribution is -2.39. The maximum atomic E-state index is 12.5. The molecule has 6 nitrogen and oxygen atoms in total. The topological polar surface area (TPSA) is 68.2 Å². The minimum atomic E-state index is -0.527. The van der Waals surface area contributed by atoms with Crippen LogP contribution in [0.3, 0.4) is 0 Å². The summed E-state index contributed by atoms with van der Waals surface area (Å²) >= 11 is 0. The fourth-order valence-electron chi connectivity index (χ4n) is 3.29. The number of nitrogens with zero attached hydrogens (tertiary/aromatic N) is 2. The van der Waals surface area contributed by atoms with Crippen molar-refractivity contribution in [2.45, 2.75) is 40.5 Å². The third kappa shape index (κ3) is 3.57. The number of hydrogen-bond donors (Lipinski definition) is 0. The summed E-state index contributed by atoms with van der Waals surface area (Å²) in [7, 11) is 0. The van der Waals surface area contributed by atoms with Gasteiger partial charge in [0.2, 0.25) is 0 Å². The molecule has 128 valence electrons. The minimum Gasteiger partial charge on any atom is -0.465 e. The van der Waals surface area contributed by atoms with Crippen molar-refractivity contribution in [2.75, 3.05) is 26.3 Å². The van der Waals surface area contributed by atoms with Crippen molar-refractivity contribution < 1.29 is 19.1 Å². The van der Waals surface area contributed by atoms with Crippen LogP contribution in [-0.2, 0) is 19.1 Å². The summed E-state index contributed by atoms with van der Waals surface area (Å²) < 4.78 is 10.4. The highest BCUT2D eigenvalue weighted by Gasteiger charge is 2.41. The molecule has 0 radical (unpaired) electrons. The van der Waals surface area contributed by atoms with Gasteiger partial charge in [0.15, 0.2) is 0 Å². The van der Waals surface area contributed by atoms with Crippen molar-refractivity contribution in [3.8, 4) is 0 Å². The lowest BCUT2D eigenvalue weighted by Gasteiger charge is -2.32. The Kier molecular flexibility index (Phi) is 5.80. The van der Waals surface area contributed by atoms with E-state index < -0.39 is 5.92 Å². The molecule has 0 saturated carbocycles. The molecule has 2 atom stereocenters. The fourth-order valence-corrected chi connectivity index (χ4v) is 3.29. The van der Waals surface area contributed by atoms with Crippen LogP contribution in [0, 0.1) is 11.8 Å². The van der Waals surface area contributed by atoms with Gasteiger partial charge in [-0.3, -0.25) is 4.79 Å². The second-order valence-corrected chi connectivity index (χ2v) is 5.92. The van der Waals surface area contributed by atoms with Gasteiger partial charge in [-0.1, -0.05) is 6.92 Å². The Labute approximate surface area is 137 Å². The first-order chi connectivity index (χ1) is 11.0. The molecule has 0 aromatic heterocycles. The molecular formula is C17H26N2O4. The minimum absolute atomic E-state index is 0.301. The number of esters is 2. The third-order valence-electron chi connectivity index (χ3n) is 4.37. The molecule has 0 bridgehead atoms. The second-order valence-electron chi connectivity index (χ2n) is 5.92. The number of likely N-dealkylation sites (tertiary alicyclic amines) is 1. The van der Waals surface area contributed by atoms with Crippen LogP contribution < -0.4 is 0 Å². The number of ether oxygens (including phenoxy) is 2. The van der Waals surface area contributed by atoms with Gasteiger partial charge in [0.1, 0.15) is 11.7 Å². The fraction of sp³-hybridized carbons (Fsp3) is 0.706. The van der Waals surface area contributed by atoms with Crippen molar-refractivity contribution in [2.24, 2.45) is 16.8 Å². The highest BCUT2D eigenvalue weighted by Crippen LogP contribution is 2.34. The largest absolute Gasteiger partial charge is 0.465 e. The van der Waals surface area contributed by atoms with Crippen molar-refractivity contribution in [1.82, 2.24) is 4.90 Å². The first-order valence-corrected chi connectivity index (χ1v) is 8.39. The van der Waals surface area contributed by atoms with Crippen LogP contribution in [0.1, 0.15) is 40.5 Å². The Balaban J connectivity index is 2.41. The van der Waals surface area contributed by atoms with E-state index in [-0.39, 0.29) is 17.9 Å². The molecule has 0 N–H and O–H groups in total. The Hall–Kier alpha value is -1.85. The average Bonchev–Trinajstić information content (AvgIpc) is 3.01. The molecule has 2 heterocycles. The van der Waals surface area contributed by atoms with E-state index in [0.29, 0.717) is 30.3 Å². The molecule has 23 heavy (non-hydrogen) atoms. The van der Waals surface area contributed by atoms with Crippen LogP contribution in [0.2, 0.25) is 0 Å². The van der Waals surface area contributed by atoms with Crippen molar-refractivity contribution in [1.29, 1.82) is 0 Å². The molecule has 2 aliphatic rings. The molecular weight excluding hydrogens is 296 g/mol. The lowest BCUT2D eigenvalue weighted by molar-refractivity contribution is -0.147. The summed E-state index contributed by atoms with van der Waals surface area (Å²) in [6.07, 6.45) is 2.17. The van der Waals surface area contributed by atoms with Gasteiger partial charge in [-0.05, 0) is 33.6 Å². The molecule has 0 aromatic carbocycles. The molecule has 0 amide bonds. The van der Waals surface area contributed by atoms with Gasteiger partial charge in [0.25, 0.3) is 0 Å². The maximum absolute atomic E-state index is 12.5. The Bertz CT molecular complexity index is 533. The number of rotatable bonds is 5. The van der Waals surface area contributed by atoms with Gasteiger partial charge in [-0.25, -0.2) is 9.79 Å². The van der Waals surface area contributed by atoms with E-state index in [1.54, 1.807) is 13.8 Å². The zero-order valence-corrected chi connectivity index (χ0v) is 14.4. The number of hydrogen-bond acceptors (Lipinski definition) is 6. The van der Waals surface area contributed by atoms with Crippen molar-refractivity contribution in [3.63, 3.8) is 0 Å². The van der Waals surface area contributed by atoms with Gasteiger partial charge >= 0.3 is 11.9 Å². The summed E-state index contributed by atoms with van der Waals surface area (Å²) in [6.45, 7) is 9.63. The summed E-state index contributed by atoms with van der Waals surface area (Å²) in [4.78, 5) is 31.5. The zero-order chi connectivity index (χ0) is 17.0. The predicted octanol–water partition coefficient (Wildman–Crippen LogP) is 2.15.